The fraction of sp³-hybridized carbons (Fsp3) is 0.667. The third-order valence-corrected chi connectivity index (χ3v) is 8.82. The minimum atomic E-state index is -6.13. The number of aliphatic hydroxyl groups is 1. The highest BCUT2D eigenvalue weighted by Gasteiger charge is 2.70. The van der Waals surface area contributed by atoms with Crippen molar-refractivity contribution in [3.05, 3.63) is 29.3 Å². The van der Waals surface area contributed by atoms with Gasteiger partial charge in [0, 0.05) is 11.8 Å². The molecule has 1 aromatic rings. The predicted octanol–water partition coefficient (Wildman–Crippen LogP) is 4.71. The Balaban J connectivity index is 1.48. The molecule has 218 valence electrons. The lowest BCUT2D eigenvalue weighted by atomic mass is 9.50. The van der Waals surface area contributed by atoms with Gasteiger partial charge in [-0.3, -0.25) is 4.55 Å². The van der Waals surface area contributed by atoms with Crippen molar-refractivity contribution in [2.24, 2.45) is 23.2 Å². The lowest BCUT2D eigenvalue weighted by Gasteiger charge is -2.56. The summed E-state index contributed by atoms with van der Waals surface area (Å²) in [6, 6.07) is 2.05. The standard InChI is InChI=1S/C24H26F6O8S/c25-23(26,27)22(33,24(28,29)30)1-2-37-19(31)16-6-17(8-18(7-16)39(34,35)36)20(32)38-12-21-9-13-3-14(10-21)5-15(4-13)11-21/h6-8,13-15,33H,1-5,9-12H2,(H,34,35,36). The molecule has 0 heterocycles. The van der Waals surface area contributed by atoms with Crippen LogP contribution in [-0.2, 0) is 19.6 Å². The Bertz CT molecular complexity index is 1190. The number of alkyl halides is 6. The number of halogens is 6. The molecule has 5 rings (SSSR count). The van der Waals surface area contributed by atoms with E-state index in [9.17, 15) is 48.9 Å². The quantitative estimate of drug-likeness (QED) is 0.254. The van der Waals surface area contributed by atoms with Crippen molar-refractivity contribution >= 4 is 22.1 Å². The van der Waals surface area contributed by atoms with E-state index in [2.05, 4.69) is 4.74 Å². The van der Waals surface area contributed by atoms with Crippen molar-refractivity contribution in [3.8, 4) is 0 Å². The van der Waals surface area contributed by atoms with E-state index in [1.165, 1.54) is 0 Å². The Morgan fingerprint density at radius 1 is 0.846 bits per heavy atom. The van der Waals surface area contributed by atoms with Crippen LogP contribution in [0.3, 0.4) is 0 Å². The van der Waals surface area contributed by atoms with Gasteiger partial charge < -0.3 is 14.6 Å². The van der Waals surface area contributed by atoms with E-state index >= 15 is 0 Å². The van der Waals surface area contributed by atoms with Crippen molar-refractivity contribution in [2.45, 2.75) is 67.8 Å². The molecule has 0 radical (unpaired) electrons. The molecule has 15 heteroatoms. The number of carbonyl (C=O) groups excluding carboxylic acids is 2. The molecule has 0 aliphatic heterocycles. The van der Waals surface area contributed by atoms with Gasteiger partial charge >= 0.3 is 24.3 Å². The molecule has 0 atom stereocenters. The van der Waals surface area contributed by atoms with E-state index in [0.29, 0.717) is 23.8 Å². The smallest absolute Gasteiger partial charge is 0.426 e. The third kappa shape index (κ3) is 6.04. The molecule has 0 amide bonds. The second-order valence-corrected chi connectivity index (χ2v) is 12.4. The molecule has 2 N–H and O–H groups in total. The summed E-state index contributed by atoms with van der Waals surface area (Å²) in [4.78, 5) is 24.3. The van der Waals surface area contributed by atoms with Crippen LogP contribution in [0.25, 0.3) is 0 Å². The summed E-state index contributed by atoms with van der Waals surface area (Å²) in [5.41, 5.74) is -6.62. The summed E-state index contributed by atoms with van der Waals surface area (Å²) in [6.45, 7) is -1.51. The zero-order chi connectivity index (χ0) is 29.0. The fourth-order valence-corrected chi connectivity index (χ4v) is 7.12. The van der Waals surface area contributed by atoms with Gasteiger partial charge in [-0.2, -0.15) is 34.8 Å². The molecule has 0 aromatic heterocycles. The maximum absolute atomic E-state index is 12.8. The van der Waals surface area contributed by atoms with Crippen LogP contribution >= 0.6 is 0 Å². The van der Waals surface area contributed by atoms with E-state index in [1.54, 1.807) is 0 Å². The molecule has 4 aliphatic rings. The molecule has 4 bridgehead atoms. The van der Waals surface area contributed by atoms with Crippen molar-refractivity contribution in [3.63, 3.8) is 0 Å². The van der Waals surface area contributed by atoms with Crippen LogP contribution in [-0.4, -0.2) is 61.2 Å². The van der Waals surface area contributed by atoms with Crippen molar-refractivity contribution in [1.82, 2.24) is 0 Å². The first-order valence-electron chi connectivity index (χ1n) is 12.1. The van der Waals surface area contributed by atoms with E-state index in [1.807, 2.05) is 0 Å². The van der Waals surface area contributed by atoms with Gasteiger partial charge in [-0.05, 0) is 74.5 Å². The predicted molar refractivity (Wildman–Crippen MR) is 119 cm³/mol. The molecule has 4 fully saturated rings. The Kier molecular flexibility index (Phi) is 7.52. The topological polar surface area (TPSA) is 127 Å². The Morgan fingerprint density at radius 3 is 1.69 bits per heavy atom. The Labute approximate surface area is 219 Å². The highest BCUT2D eigenvalue weighted by atomic mass is 32.2. The molecular formula is C24H26F6O8S. The van der Waals surface area contributed by atoms with Crippen molar-refractivity contribution < 1.29 is 63.5 Å². The van der Waals surface area contributed by atoms with Crippen LogP contribution < -0.4 is 0 Å². The van der Waals surface area contributed by atoms with E-state index in [4.69, 9.17) is 9.84 Å². The normalized spacial score (nSPS) is 26.9. The summed E-state index contributed by atoms with van der Waals surface area (Å²) in [5, 5.41) is 9.17. The minimum Gasteiger partial charge on any atom is -0.462 e. The molecule has 1 aromatic carbocycles. The average Bonchev–Trinajstić information content (AvgIpc) is 2.79. The summed E-state index contributed by atoms with van der Waals surface area (Å²) in [6.07, 6.45) is -8.28. The van der Waals surface area contributed by atoms with Gasteiger partial charge in [0.15, 0.2) is 0 Å². The summed E-state index contributed by atoms with van der Waals surface area (Å²) in [7, 11) is -5.00. The Hall–Kier alpha value is -2.39. The van der Waals surface area contributed by atoms with Gasteiger partial charge in [0.25, 0.3) is 15.7 Å². The number of ether oxygens (including phenoxy) is 2. The third-order valence-electron chi connectivity index (χ3n) is 7.99. The van der Waals surface area contributed by atoms with Crippen LogP contribution in [0.5, 0.6) is 0 Å². The largest absolute Gasteiger partial charge is 0.462 e. The number of hydrogen-bond donors (Lipinski definition) is 2. The van der Waals surface area contributed by atoms with Crippen molar-refractivity contribution in [1.29, 1.82) is 0 Å². The molecular weight excluding hydrogens is 562 g/mol. The zero-order valence-corrected chi connectivity index (χ0v) is 21.2. The van der Waals surface area contributed by atoms with E-state index in [-0.39, 0.29) is 12.0 Å². The van der Waals surface area contributed by atoms with Crippen LogP contribution in [0.15, 0.2) is 23.1 Å². The first kappa shape index (κ1) is 29.6. The van der Waals surface area contributed by atoms with E-state index < -0.39 is 69.1 Å². The SMILES string of the molecule is O=C(OCCC(O)(C(F)(F)F)C(F)(F)F)c1cc(C(=O)OCC23CC4CC(CC(C4)C2)C3)cc(S(=O)(=O)O)c1. The average molecular weight is 589 g/mol. The highest BCUT2D eigenvalue weighted by molar-refractivity contribution is 7.85. The number of hydrogen-bond acceptors (Lipinski definition) is 7. The van der Waals surface area contributed by atoms with Gasteiger partial charge in [-0.15, -0.1) is 0 Å². The van der Waals surface area contributed by atoms with Crippen LogP contribution in [0, 0.1) is 23.2 Å². The van der Waals surface area contributed by atoms with Crippen LogP contribution in [0.1, 0.15) is 65.7 Å². The zero-order valence-electron chi connectivity index (χ0n) is 20.3. The van der Waals surface area contributed by atoms with Crippen molar-refractivity contribution in [2.75, 3.05) is 13.2 Å². The number of rotatable bonds is 8. The first-order chi connectivity index (χ1) is 17.8. The minimum absolute atomic E-state index is 0.0542. The summed E-state index contributed by atoms with van der Waals surface area (Å²) in [5.74, 6) is -0.985. The van der Waals surface area contributed by atoms with Crippen LogP contribution in [0.4, 0.5) is 26.3 Å². The van der Waals surface area contributed by atoms with Crippen LogP contribution in [0.2, 0.25) is 0 Å². The molecule has 0 saturated heterocycles. The molecule has 0 spiro atoms. The second kappa shape index (κ2) is 9.91. The number of esters is 2. The van der Waals surface area contributed by atoms with E-state index in [0.717, 1.165) is 50.7 Å². The number of benzene rings is 1. The maximum atomic E-state index is 12.8. The molecule has 39 heavy (non-hydrogen) atoms. The van der Waals surface area contributed by atoms with Gasteiger partial charge in [0.2, 0.25) is 0 Å². The van der Waals surface area contributed by atoms with Gasteiger partial charge in [-0.25, -0.2) is 9.59 Å². The maximum Gasteiger partial charge on any atom is 0.426 e. The number of carbonyl (C=O) groups is 2. The second-order valence-electron chi connectivity index (χ2n) is 11.0. The highest BCUT2D eigenvalue weighted by Crippen LogP contribution is 2.60. The lowest BCUT2D eigenvalue weighted by Crippen LogP contribution is -2.57. The van der Waals surface area contributed by atoms with Gasteiger partial charge in [0.05, 0.1) is 29.2 Å². The molecule has 4 aliphatic carbocycles. The summed E-state index contributed by atoms with van der Waals surface area (Å²) >= 11 is 0. The Morgan fingerprint density at radius 2 is 1.28 bits per heavy atom. The first-order valence-corrected chi connectivity index (χ1v) is 13.6. The lowest BCUT2D eigenvalue weighted by molar-refractivity contribution is -0.371. The van der Waals surface area contributed by atoms with Gasteiger partial charge in [0.1, 0.15) is 0 Å². The molecule has 4 saturated carbocycles. The van der Waals surface area contributed by atoms with Gasteiger partial charge in [-0.1, -0.05) is 0 Å². The molecule has 8 nitrogen and oxygen atoms in total. The summed E-state index contributed by atoms with van der Waals surface area (Å²) < 4.78 is 120. The fourth-order valence-electron chi connectivity index (χ4n) is 6.57. The molecule has 0 unspecified atom stereocenters. The monoisotopic (exact) mass is 588 g/mol.